The van der Waals surface area contributed by atoms with Gasteiger partial charge in [-0.3, -0.25) is 4.79 Å². The topological polar surface area (TPSA) is 38.1 Å². The van der Waals surface area contributed by atoms with E-state index in [1.807, 2.05) is 40.8 Å². The number of amides is 1. The van der Waals surface area contributed by atoms with Crippen molar-refractivity contribution in [2.75, 3.05) is 6.54 Å². The summed E-state index contributed by atoms with van der Waals surface area (Å²) >= 11 is 3.45. The molecule has 4 nitrogen and oxygen atoms in total. The number of halogens is 1. The van der Waals surface area contributed by atoms with E-state index in [0.717, 1.165) is 35.2 Å². The Morgan fingerprint density at radius 3 is 2.54 bits per heavy atom. The molecule has 0 atom stereocenters. The van der Waals surface area contributed by atoms with Gasteiger partial charge in [-0.25, -0.2) is 4.68 Å². The Bertz CT molecular complexity index is 702. The number of carbonyl (C=O) groups is 1. The molecule has 3 rings (SSSR count). The van der Waals surface area contributed by atoms with Crippen LogP contribution < -0.4 is 0 Å². The standard InChI is InChI=1S/C19H24BrN3O/c1-3-22(16-7-5-4-6-8-16)19(24)18-13-21-23(14(18)2)17-11-9-15(20)10-12-17/h9-13,16H,3-8H2,1-2H3. The largest absolute Gasteiger partial charge is 0.336 e. The Labute approximate surface area is 152 Å². The van der Waals surface area contributed by atoms with Crippen LogP contribution in [0.25, 0.3) is 5.69 Å². The quantitative estimate of drug-likeness (QED) is 0.757. The molecule has 0 unspecified atom stereocenters. The number of rotatable bonds is 4. The van der Waals surface area contributed by atoms with Crippen LogP contribution in [0.4, 0.5) is 0 Å². The van der Waals surface area contributed by atoms with Crippen LogP contribution in [0.5, 0.6) is 0 Å². The average molecular weight is 390 g/mol. The van der Waals surface area contributed by atoms with E-state index < -0.39 is 0 Å². The average Bonchev–Trinajstić information content (AvgIpc) is 2.99. The summed E-state index contributed by atoms with van der Waals surface area (Å²) < 4.78 is 2.87. The van der Waals surface area contributed by atoms with E-state index in [1.54, 1.807) is 6.20 Å². The highest BCUT2D eigenvalue weighted by molar-refractivity contribution is 9.10. The molecule has 1 aromatic carbocycles. The molecular weight excluding hydrogens is 366 g/mol. The maximum Gasteiger partial charge on any atom is 0.257 e. The maximum atomic E-state index is 13.1. The molecule has 1 aliphatic rings. The lowest BCUT2D eigenvalue weighted by molar-refractivity contribution is 0.0647. The molecule has 1 heterocycles. The Hall–Kier alpha value is -1.62. The Kier molecular flexibility index (Phi) is 5.39. The molecule has 0 N–H and O–H groups in total. The summed E-state index contributed by atoms with van der Waals surface area (Å²) in [4.78, 5) is 15.1. The fraction of sp³-hybridized carbons (Fsp3) is 0.474. The van der Waals surface area contributed by atoms with Gasteiger partial charge in [0.25, 0.3) is 5.91 Å². The summed E-state index contributed by atoms with van der Waals surface area (Å²) in [6, 6.07) is 8.34. The Morgan fingerprint density at radius 2 is 1.92 bits per heavy atom. The lowest BCUT2D eigenvalue weighted by atomic mass is 9.93. The van der Waals surface area contributed by atoms with E-state index in [2.05, 4.69) is 28.0 Å². The lowest BCUT2D eigenvalue weighted by Crippen LogP contribution is -2.41. The normalized spacial score (nSPS) is 15.5. The second kappa shape index (κ2) is 7.51. The summed E-state index contributed by atoms with van der Waals surface area (Å²) in [5.41, 5.74) is 2.58. The highest BCUT2D eigenvalue weighted by atomic mass is 79.9. The van der Waals surface area contributed by atoms with Crippen LogP contribution in [-0.2, 0) is 0 Å². The fourth-order valence-electron chi connectivity index (χ4n) is 3.58. The molecule has 0 bridgehead atoms. The van der Waals surface area contributed by atoms with Crippen LogP contribution in [0.15, 0.2) is 34.9 Å². The summed E-state index contributed by atoms with van der Waals surface area (Å²) in [6.07, 6.45) is 7.71. The number of hydrogen-bond donors (Lipinski definition) is 0. The third-order valence-electron chi connectivity index (χ3n) is 4.93. The first-order chi connectivity index (χ1) is 11.6. The van der Waals surface area contributed by atoms with Gasteiger partial charge in [-0.15, -0.1) is 0 Å². The monoisotopic (exact) mass is 389 g/mol. The third-order valence-corrected chi connectivity index (χ3v) is 5.46. The minimum absolute atomic E-state index is 0.116. The smallest absolute Gasteiger partial charge is 0.257 e. The van der Waals surface area contributed by atoms with Crippen molar-refractivity contribution in [3.05, 3.63) is 46.2 Å². The van der Waals surface area contributed by atoms with Crippen molar-refractivity contribution in [1.29, 1.82) is 0 Å². The zero-order valence-corrected chi connectivity index (χ0v) is 15.9. The number of carbonyl (C=O) groups excluding carboxylic acids is 1. The summed E-state index contributed by atoms with van der Waals surface area (Å²) in [5.74, 6) is 0.116. The fourth-order valence-corrected chi connectivity index (χ4v) is 3.84. The highest BCUT2D eigenvalue weighted by Gasteiger charge is 2.27. The molecule has 5 heteroatoms. The van der Waals surface area contributed by atoms with Crippen molar-refractivity contribution in [2.45, 2.75) is 52.0 Å². The zero-order valence-electron chi connectivity index (χ0n) is 14.3. The molecule has 0 saturated heterocycles. The van der Waals surface area contributed by atoms with E-state index in [0.29, 0.717) is 11.6 Å². The van der Waals surface area contributed by atoms with E-state index in [4.69, 9.17) is 0 Å². The SMILES string of the molecule is CCN(C(=O)c1cnn(-c2ccc(Br)cc2)c1C)C1CCCCC1. The van der Waals surface area contributed by atoms with Gasteiger partial charge in [-0.2, -0.15) is 5.10 Å². The predicted molar refractivity (Wildman–Crippen MR) is 99.6 cm³/mol. The summed E-state index contributed by atoms with van der Waals surface area (Å²) in [5, 5.41) is 4.45. The number of benzene rings is 1. The predicted octanol–water partition coefficient (Wildman–Crippen LogP) is 4.74. The maximum absolute atomic E-state index is 13.1. The van der Waals surface area contributed by atoms with Crippen molar-refractivity contribution in [1.82, 2.24) is 14.7 Å². The van der Waals surface area contributed by atoms with Crippen LogP contribution >= 0.6 is 15.9 Å². The van der Waals surface area contributed by atoms with E-state index >= 15 is 0 Å². The molecule has 0 radical (unpaired) electrons. The molecule has 1 saturated carbocycles. The summed E-state index contributed by atoms with van der Waals surface area (Å²) in [6.45, 7) is 4.80. The van der Waals surface area contributed by atoms with Gasteiger partial charge in [-0.1, -0.05) is 35.2 Å². The summed E-state index contributed by atoms with van der Waals surface area (Å²) in [7, 11) is 0. The first-order valence-corrected chi connectivity index (χ1v) is 9.52. The minimum Gasteiger partial charge on any atom is -0.336 e. The van der Waals surface area contributed by atoms with Crippen molar-refractivity contribution >= 4 is 21.8 Å². The van der Waals surface area contributed by atoms with Gasteiger partial charge in [0.2, 0.25) is 0 Å². The molecule has 128 valence electrons. The molecule has 1 amide bonds. The third kappa shape index (κ3) is 3.41. The molecule has 0 aliphatic heterocycles. The lowest BCUT2D eigenvalue weighted by Gasteiger charge is -2.33. The van der Waals surface area contributed by atoms with Crippen molar-refractivity contribution in [3.63, 3.8) is 0 Å². The zero-order chi connectivity index (χ0) is 17.1. The minimum atomic E-state index is 0.116. The highest BCUT2D eigenvalue weighted by Crippen LogP contribution is 2.25. The molecular formula is C19H24BrN3O. The Balaban J connectivity index is 1.86. The van der Waals surface area contributed by atoms with Gasteiger partial charge in [-0.05, 0) is 51.0 Å². The van der Waals surface area contributed by atoms with E-state index in [1.165, 1.54) is 19.3 Å². The molecule has 24 heavy (non-hydrogen) atoms. The molecule has 1 aliphatic carbocycles. The molecule has 2 aromatic rings. The molecule has 1 fully saturated rings. The van der Waals surface area contributed by atoms with E-state index in [-0.39, 0.29) is 5.91 Å². The van der Waals surface area contributed by atoms with Gasteiger partial charge >= 0.3 is 0 Å². The van der Waals surface area contributed by atoms with Gasteiger partial charge in [0, 0.05) is 17.1 Å². The van der Waals surface area contributed by atoms with Crippen LogP contribution in [0.1, 0.15) is 55.1 Å². The molecule has 0 spiro atoms. The van der Waals surface area contributed by atoms with Gasteiger partial charge in [0.1, 0.15) is 0 Å². The first-order valence-electron chi connectivity index (χ1n) is 8.73. The van der Waals surface area contributed by atoms with Gasteiger partial charge < -0.3 is 4.90 Å². The van der Waals surface area contributed by atoms with Crippen LogP contribution in [0.3, 0.4) is 0 Å². The number of aromatic nitrogens is 2. The van der Waals surface area contributed by atoms with Crippen LogP contribution in [0.2, 0.25) is 0 Å². The van der Waals surface area contributed by atoms with Crippen molar-refractivity contribution < 1.29 is 4.79 Å². The number of nitrogens with zero attached hydrogens (tertiary/aromatic N) is 3. The second-order valence-electron chi connectivity index (χ2n) is 6.41. The molecule has 1 aromatic heterocycles. The first kappa shape index (κ1) is 17.2. The van der Waals surface area contributed by atoms with Gasteiger partial charge in [0.15, 0.2) is 0 Å². The number of hydrogen-bond acceptors (Lipinski definition) is 2. The van der Waals surface area contributed by atoms with Crippen LogP contribution in [0, 0.1) is 6.92 Å². The van der Waals surface area contributed by atoms with E-state index in [9.17, 15) is 4.79 Å². The second-order valence-corrected chi connectivity index (χ2v) is 7.33. The van der Waals surface area contributed by atoms with Crippen molar-refractivity contribution in [2.24, 2.45) is 0 Å². The van der Waals surface area contributed by atoms with Crippen molar-refractivity contribution in [3.8, 4) is 5.69 Å². The Morgan fingerprint density at radius 1 is 1.25 bits per heavy atom. The van der Waals surface area contributed by atoms with Gasteiger partial charge in [0.05, 0.1) is 23.1 Å². The van der Waals surface area contributed by atoms with Crippen LogP contribution in [-0.4, -0.2) is 33.2 Å².